The summed E-state index contributed by atoms with van der Waals surface area (Å²) in [5.74, 6) is 0.172. The first kappa shape index (κ1) is 13.5. The van der Waals surface area contributed by atoms with E-state index >= 15 is 0 Å². The Bertz CT molecular complexity index is 452. The zero-order chi connectivity index (χ0) is 13.8. The molecule has 0 radical (unpaired) electrons. The van der Waals surface area contributed by atoms with E-state index in [4.69, 9.17) is 4.74 Å². The average molecular weight is 275 g/mol. The molecule has 2 fully saturated rings. The number of carbonyl (C=O) groups excluding carboxylic acids is 1. The number of rotatable bonds is 2. The van der Waals surface area contributed by atoms with Gasteiger partial charge in [0, 0.05) is 25.5 Å². The molecule has 0 aromatic carbocycles. The number of amides is 1. The van der Waals surface area contributed by atoms with Crippen molar-refractivity contribution in [3.8, 4) is 0 Å². The molecule has 2 saturated heterocycles. The van der Waals surface area contributed by atoms with Crippen molar-refractivity contribution >= 4 is 5.91 Å². The lowest BCUT2D eigenvalue weighted by molar-refractivity contribution is -0.152. The molecule has 1 amide bonds. The smallest absolute Gasteiger partial charge is 0.227 e. The summed E-state index contributed by atoms with van der Waals surface area (Å²) in [6, 6.07) is 3.82. The third-order valence-corrected chi connectivity index (χ3v) is 4.11. The zero-order valence-corrected chi connectivity index (χ0v) is 11.7. The van der Waals surface area contributed by atoms with Gasteiger partial charge in [-0.05, 0) is 31.0 Å². The molecular weight excluding hydrogens is 254 g/mol. The molecule has 5 heteroatoms. The molecule has 3 heterocycles. The maximum absolute atomic E-state index is 12.4. The number of hydrogen-bond donors (Lipinski definition) is 1. The fraction of sp³-hybridized carbons (Fsp3) is 0.600. The van der Waals surface area contributed by atoms with Gasteiger partial charge in [-0.25, -0.2) is 0 Å². The van der Waals surface area contributed by atoms with Gasteiger partial charge in [-0.15, -0.1) is 0 Å². The van der Waals surface area contributed by atoms with Gasteiger partial charge in [0.1, 0.15) is 0 Å². The number of nitrogens with zero attached hydrogens (tertiary/aromatic N) is 2. The number of aromatic nitrogens is 1. The summed E-state index contributed by atoms with van der Waals surface area (Å²) in [5, 5.41) is 3.38. The molecular formula is C15H21N3O2. The van der Waals surface area contributed by atoms with E-state index in [1.165, 1.54) is 0 Å². The second-order valence-electron chi connectivity index (χ2n) is 5.67. The fourth-order valence-electron chi connectivity index (χ4n) is 3.05. The van der Waals surface area contributed by atoms with Crippen LogP contribution in [0, 0.1) is 0 Å². The van der Waals surface area contributed by atoms with Gasteiger partial charge < -0.3 is 15.0 Å². The van der Waals surface area contributed by atoms with Gasteiger partial charge in [-0.1, -0.05) is 6.07 Å². The highest BCUT2D eigenvalue weighted by atomic mass is 16.5. The molecule has 3 rings (SSSR count). The van der Waals surface area contributed by atoms with E-state index in [2.05, 4.69) is 10.3 Å². The van der Waals surface area contributed by atoms with Crippen LogP contribution in [0.4, 0.5) is 0 Å². The molecule has 0 aliphatic carbocycles. The molecule has 0 saturated carbocycles. The highest BCUT2D eigenvalue weighted by molar-refractivity contribution is 5.78. The van der Waals surface area contributed by atoms with Crippen molar-refractivity contribution < 1.29 is 9.53 Å². The van der Waals surface area contributed by atoms with E-state index in [0.29, 0.717) is 26.1 Å². The maximum atomic E-state index is 12.4. The number of hydrogen-bond acceptors (Lipinski definition) is 4. The Morgan fingerprint density at radius 3 is 3.25 bits per heavy atom. The lowest BCUT2D eigenvalue weighted by Gasteiger charge is -2.45. The van der Waals surface area contributed by atoms with E-state index < -0.39 is 0 Å². The first-order valence-corrected chi connectivity index (χ1v) is 7.29. The summed E-state index contributed by atoms with van der Waals surface area (Å²) in [7, 11) is 0. The molecule has 1 aromatic heterocycles. The minimum absolute atomic E-state index is 0.166. The van der Waals surface area contributed by atoms with Gasteiger partial charge in [-0.3, -0.25) is 9.78 Å². The summed E-state index contributed by atoms with van der Waals surface area (Å²) in [5.41, 5.74) is 0.806. The van der Waals surface area contributed by atoms with Crippen LogP contribution < -0.4 is 5.32 Å². The van der Waals surface area contributed by atoms with Gasteiger partial charge in [0.2, 0.25) is 5.91 Å². The van der Waals surface area contributed by atoms with Crippen molar-refractivity contribution in [1.82, 2.24) is 15.2 Å². The van der Waals surface area contributed by atoms with Crippen molar-refractivity contribution in [3.63, 3.8) is 0 Å². The van der Waals surface area contributed by atoms with Crippen molar-refractivity contribution in [1.29, 1.82) is 0 Å². The highest BCUT2D eigenvalue weighted by Gasteiger charge is 2.39. The van der Waals surface area contributed by atoms with Crippen molar-refractivity contribution in [2.24, 2.45) is 0 Å². The maximum Gasteiger partial charge on any atom is 0.227 e. The van der Waals surface area contributed by atoms with E-state index in [9.17, 15) is 4.79 Å². The van der Waals surface area contributed by atoms with Gasteiger partial charge in [0.05, 0.1) is 25.2 Å². The van der Waals surface area contributed by atoms with Crippen LogP contribution in [0.2, 0.25) is 0 Å². The number of pyridine rings is 1. The van der Waals surface area contributed by atoms with Crippen LogP contribution in [0.1, 0.15) is 18.4 Å². The first-order chi connectivity index (χ1) is 9.77. The fourth-order valence-corrected chi connectivity index (χ4v) is 3.05. The lowest BCUT2D eigenvalue weighted by atomic mass is 9.92. The molecule has 20 heavy (non-hydrogen) atoms. The molecule has 5 nitrogen and oxygen atoms in total. The minimum Gasteiger partial charge on any atom is -0.370 e. The molecule has 1 aromatic rings. The molecule has 0 bridgehead atoms. The summed E-state index contributed by atoms with van der Waals surface area (Å²) >= 11 is 0. The summed E-state index contributed by atoms with van der Waals surface area (Å²) in [6.45, 7) is 3.94. The van der Waals surface area contributed by atoms with Crippen LogP contribution in [0.3, 0.4) is 0 Å². The standard InChI is InChI=1S/C15H21N3O2/c19-14(9-13-3-1-5-16-10-13)18-7-8-20-15(12-18)4-2-6-17-11-15/h1,3,5,10,17H,2,4,6-9,11-12H2. The van der Waals surface area contributed by atoms with Gasteiger partial charge in [0.25, 0.3) is 0 Å². The van der Waals surface area contributed by atoms with Crippen LogP contribution in [-0.2, 0) is 16.0 Å². The van der Waals surface area contributed by atoms with Crippen LogP contribution in [0.5, 0.6) is 0 Å². The third-order valence-electron chi connectivity index (χ3n) is 4.11. The topological polar surface area (TPSA) is 54.5 Å². The van der Waals surface area contributed by atoms with Crippen LogP contribution in [-0.4, -0.2) is 54.2 Å². The van der Waals surface area contributed by atoms with Crippen molar-refractivity contribution in [2.45, 2.75) is 24.9 Å². The average Bonchev–Trinajstić information content (AvgIpc) is 2.49. The Hall–Kier alpha value is -1.46. The predicted molar refractivity (Wildman–Crippen MR) is 75.3 cm³/mol. The van der Waals surface area contributed by atoms with E-state index in [-0.39, 0.29) is 11.5 Å². The van der Waals surface area contributed by atoms with E-state index in [0.717, 1.165) is 31.5 Å². The Morgan fingerprint density at radius 1 is 1.55 bits per heavy atom. The van der Waals surface area contributed by atoms with Crippen LogP contribution in [0.25, 0.3) is 0 Å². The number of carbonyl (C=O) groups is 1. The normalized spacial score (nSPS) is 26.7. The Kier molecular flexibility index (Phi) is 3.98. The molecule has 1 atom stereocenters. The Morgan fingerprint density at radius 2 is 2.50 bits per heavy atom. The number of piperidine rings is 1. The largest absolute Gasteiger partial charge is 0.370 e. The molecule has 1 unspecified atom stereocenters. The number of nitrogens with one attached hydrogen (secondary N) is 1. The zero-order valence-electron chi connectivity index (χ0n) is 11.7. The monoisotopic (exact) mass is 275 g/mol. The van der Waals surface area contributed by atoms with E-state index in [1.807, 2.05) is 17.0 Å². The summed E-state index contributed by atoms with van der Waals surface area (Å²) < 4.78 is 5.97. The SMILES string of the molecule is O=C(Cc1cccnc1)N1CCOC2(CCCNC2)C1. The van der Waals surface area contributed by atoms with E-state index in [1.54, 1.807) is 12.4 Å². The number of morpholine rings is 1. The van der Waals surface area contributed by atoms with Crippen LogP contribution in [0.15, 0.2) is 24.5 Å². The molecule has 108 valence electrons. The second kappa shape index (κ2) is 5.89. The van der Waals surface area contributed by atoms with Gasteiger partial charge in [-0.2, -0.15) is 0 Å². The number of ether oxygens (including phenoxy) is 1. The Labute approximate surface area is 119 Å². The van der Waals surface area contributed by atoms with Gasteiger partial charge >= 0.3 is 0 Å². The Balaban J connectivity index is 1.63. The van der Waals surface area contributed by atoms with Crippen molar-refractivity contribution in [3.05, 3.63) is 30.1 Å². The molecule has 2 aliphatic rings. The summed E-state index contributed by atoms with van der Waals surface area (Å²) in [4.78, 5) is 18.4. The van der Waals surface area contributed by atoms with Crippen LogP contribution >= 0.6 is 0 Å². The highest BCUT2D eigenvalue weighted by Crippen LogP contribution is 2.25. The third kappa shape index (κ3) is 2.99. The minimum atomic E-state index is -0.166. The lowest BCUT2D eigenvalue weighted by Crippen LogP contribution is -2.60. The molecule has 1 N–H and O–H groups in total. The quantitative estimate of drug-likeness (QED) is 0.859. The summed E-state index contributed by atoms with van der Waals surface area (Å²) in [6.07, 6.45) is 6.07. The van der Waals surface area contributed by atoms with Crippen molar-refractivity contribution in [2.75, 3.05) is 32.8 Å². The first-order valence-electron chi connectivity index (χ1n) is 7.29. The molecule has 2 aliphatic heterocycles. The van der Waals surface area contributed by atoms with Gasteiger partial charge in [0.15, 0.2) is 0 Å². The second-order valence-corrected chi connectivity index (χ2v) is 5.67. The molecule has 1 spiro atoms. The predicted octanol–water partition coefficient (Wildman–Crippen LogP) is 0.605.